The Morgan fingerprint density at radius 2 is 1.91 bits per heavy atom. The van der Waals surface area contributed by atoms with E-state index in [1.165, 1.54) is 20.1 Å². The maximum atomic E-state index is 13.1. The second-order valence-electron chi connectivity index (χ2n) is 4.81. The van der Waals surface area contributed by atoms with Crippen LogP contribution >= 0.6 is 0 Å². The zero-order valence-electron chi connectivity index (χ0n) is 12.3. The third kappa shape index (κ3) is 5.59. The van der Waals surface area contributed by atoms with Crippen LogP contribution in [-0.2, 0) is 25.5 Å². The molecule has 0 fully saturated rings. The molecule has 0 aliphatic carbocycles. The molecule has 0 aliphatic heterocycles. The number of esters is 1. The van der Waals surface area contributed by atoms with Crippen LogP contribution in [0.15, 0.2) is 18.2 Å². The quantitative estimate of drug-likeness (QED) is 0.775. The van der Waals surface area contributed by atoms with E-state index in [0.717, 1.165) is 12.1 Å². The Kier molecular flexibility index (Phi) is 6.62. The highest BCUT2D eigenvalue weighted by Gasteiger charge is 2.22. The number of ether oxygens (including phenoxy) is 1. The first-order valence-electron chi connectivity index (χ1n) is 6.64. The molecule has 5 nitrogen and oxygen atoms in total. The lowest BCUT2D eigenvalue weighted by Gasteiger charge is -2.16. The van der Waals surface area contributed by atoms with E-state index < -0.39 is 29.6 Å². The average Bonchev–Trinajstić information content (AvgIpc) is 2.46. The minimum absolute atomic E-state index is 0.116. The third-order valence-corrected chi connectivity index (χ3v) is 2.95. The Morgan fingerprint density at radius 1 is 1.23 bits per heavy atom. The van der Waals surface area contributed by atoms with Gasteiger partial charge in [0.15, 0.2) is 11.6 Å². The molecule has 120 valence electrons. The van der Waals surface area contributed by atoms with Crippen LogP contribution < -0.4 is 5.32 Å². The largest absolute Gasteiger partial charge is 0.467 e. The van der Waals surface area contributed by atoms with Gasteiger partial charge in [-0.3, -0.25) is 4.79 Å². The van der Waals surface area contributed by atoms with Gasteiger partial charge in [0.25, 0.3) is 0 Å². The van der Waals surface area contributed by atoms with Crippen molar-refractivity contribution in [2.24, 2.45) is 0 Å². The van der Waals surface area contributed by atoms with Gasteiger partial charge in [-0.2, -0.15) is 0 Å². The molecule has 1 aromatic rings. The monoisotopic (exact) mass is 313 g/mol. The molecule has 1 amide bonds. The smallest absolute Gasteiger partial charge is 0.328 e. The Hall–Kier alpha value is -2.31. The van der Waals surface area contributed by atoms with E-state index in [2.05, 4.69) is 10.1 Å². The second kappa shape index (κ2) is 8.21. The van der Waals surface area contributed by atoms with E-state index >= 15 is 0 Å². The number of halogens is 2. The van der Waals surface area contributed by atoms with Gasteiger partial charge in [0.1, 0.15) is 11.8 Å². The van der Waals surface area contributed by atoms with E-state index in [4.69, 9.17) is 0 Å². The molecule has 0 unspecified atom stereocenters. The molecule has 0 radical (unpaired) electrons. The molecule has 0 aliphatic rings. The van der Waals surface area contributed by atoms with Crippen LogP contribution in [0.25, 0.3) is 0 Å². The summed E-state index contributed by atoms with van der Waals surface area (Å²) in [5.41, 5.74) is 0.270. The van der Waals surface area contributed by atoms with Gasteiger partial charge in [-0.05, 0) is 31.0 Å². The van der Waals surface area contributed by atoms with Gasteiger partial charge in [-0.1, -0.05) is 6.07 Å². The minimum Gasteiger partial charge on any atom is -0.467 e. The molecule has 7 heteroatoms. The van der Waals surface area contributed by atoms with Gasteiger partial charge < -0.3 is 14.8 Å². The molecule has 1 aromatic carbocycles. The van der Waals surface area contributed by atoms with Crippen molar-refractivity contribution in [3.63, 3.8) is 0 Å². The Balaban J connectivity index is 2.67. The zero-order valence-corrected chi connectivity index (χ0v) is 12.3. The topological polar surface area (TPSA) is 72.5 Å². The summed E-state index contributed by atoms with van der Waals surface area (Å²) in [4.78, 5) is 34.4. The van der Waals surface area contributed by atoms with Crippen LogP contribution in [0.2, 0.25) is 0 Å². The fourth-order valence-corrected chi connectivity index (χ4v) is 1.82. The van der Waals surface area contributed by atoms with Crippen LogP contribution in [0.5, 0.6) is 0 Å². The molecule has 0 heterocycles. The van der Waals surface area contributed by atoms with E-state index in [9.17, 15) is 23.2 Å². The summed E-state index contributed by atoms with van der Waals surface area (Å²) in [7, 11) is 1.17. The van der Waals surface area contributed by atoms with Crippen molar-refractivity contribution < 1.29 is 27.9 Å². The van der Waals surface area contributed by atoms with Gasteiger partial charge in [0, 0.05) is 6.42 Å². The maximum Gasteiger partial charge on any atom is 0.328 e. The van der Waals surface area contributed by atoms with E-state index in [1.54, 1.807) is 0 Å². The normalized spacial score (nSPS) is 11.6. The highest BCUT2D eigenvalue weighted by Crippen LogP contribution is 2.09. The van der Waals surface area contributed by atoms with Crippen LogP contribution in [0.3, 0.4) is 0 Å². The van der Waals surface area contributed by atoms with Gasteiger partial charge in [-0.15, -0.1) is 0 Å². The van der Waals surface area contributed by atoms with Crippen molar-refractivity contribution >= 4 is 17.7 Å². The predicted octanol–water partition coefficient (Wildman–Crippen LogP) is 1.53. The molecular formula is C15H17F2NO4. The Morgan fingerprint density at radius 3 is 2.45 bits per heavy atom. The SMILES string of the molecule is COC(=O)[C@H](CCC(C)=O)NC(=O)Cc1ccc(F)c(F)c1. The summed E-state index contributed by atoms with van der Waals surface area (Å²) in [6.45, 7) is 1.37. The molecule has 0 bridgehead atoms. The number of carbonyl (C=O) groups is 3. The van der Waals surface area contributed by atoms with Crippen molar-refractivity contribution in [3.8, 4) is 0 Å². The van der Waals surface area contributed by atoms with E-state index in [1.807, 2.05) is 0 Å². The number of carbonyl (C=O) groups excluding carboxylic acids is 3. The van der Waals surface area contributed by atoms with Crippen LogP contribution in [0, 0.1) is 11.6 Å². The van der Waals surface area contributed by atoms with Crippen LogP contribution in [-0.4, -0.2) is 30.8 Å². The van der Waals surface area contributed by atoms with Crippen LogP contribution in [0.1, 0.15) is 25.3 Å². The summed E-state index contributed by atoms with van der Waals surface area (Å²) < 4.78 is 30.4. The molecule has 0 spiro atoms. The number of ketones is 1. The molecule has 1 atom stereocenters. The number of hydrogen-bond acceptors (Lipinski definition) is 4. The summed E-state index contributed by atoms with van der Waals surface area (Å²) >= 11 is 0. The first kappa shape index (κ1) is 17.7. The summed E-state index contributed by atoms with van der Waals surface area (Å²) in [6, 6.07) is 2.16. The van der Waals surface area contributed by atoms with Crippen molar-refractivity contribution in [3.05, 3.63) is 35.4 Å². The second-order valence-corrected chi connectivity index (χ2v) is 4.81. The fraction of sp³-hybridized carbons (Fsp3) is 0.400. The highest BCUT2D eigenvalue weighted by atomic mass is 19.2. The number of Topliss-reactive ketones (excluding diaryl/α,β-unsaturated/α-hetero) is 1. The zero-order chi connectivity index (χ0) is 16.7. The van der Waals surface area contributed by atoms with E-state index in [-0.39, 0.29) is 30.6 Å². The van der Waals surface area contributed by atoms with Crippen molar-refractivity contribution in [2.75, 3.05) is 7.11 Å². The molecule has 22 heavy (non-hydrogen) atoms. The number of amides is 1. The van der Waals surface area contributed by atoms with E-state index in [0.29, 0.717) is 0 Å². The summed E-state index contributed by atoms with van der Waals surface area (Å²) in [5.74, 6) is -3.39. The van der Waals surface area contributed by atoms with Gasteiger partial charge in [-0.25, -0.2) is 13.6 Å². The highest BCUT2D eigenvalue weighted by molar-refractivity contribution is 5.86. The van der Waals surface area contributed by atoms with Crippen molar-refractivity contribution in [1.82, 2.24) is 5.32 Å². The maximum absolute atomic E-state index is 13.1. The first-order valence-corrected chi connectivity index (χ1v) is 6.64. The molecule has 0 saturated heterocycles. The van der Waals surface area contributed by atoms with Gasteiger partial charge in [0.05, 0.1) is 13.5 Å². The number of benzene rings is 1. The fourth-order valence-electron chi connectivity index (χ4n) is 1.82. The van der Waals surface area contributed by atoms with Crippen LogP contribution in [0.4, 0.5) is 8.78 Å². The average molecular weight is 313 g/mol. The lowest BCUT2D eigenvalue weighted by atomic mass is 10.1. The molecule has 0 aromatic heterocycles. The summed E-state index contributed by atoms with van der Waals surface area (Å²) in [6.07, 6.45) is 0.0154. The molecular weight excluding hydrogens is 296 g/mol. The lowest BCUT2D eigenvalue weighted by molar-refractivity contribution is -0.145. The number of methoxy groups -OCH3 is 1. The molecule has 1 N–H and O–H groups in total. The lowest BCUT2D eigenvalue weighted by Crippen LogP contribution is -2.42. The van der Waals surface area contributed by atoms with Gasteiger partial charge in [0.2, 0.25) is 5.91 Å². The van der Waals surface area contributed by atoms with Crippen molar-refractivity contribution in [1.29, 1.82) is 0 Å². The number of hydrogen-bond donors (Lipinski definition) is 1. The summed E-state index contributed by atoms with van der Waals surface area (Å²) in [5, 5.41) is 2.42. The first-order chi connectivity index (χ1) is 10.3. The number of rotatable bonds is 7. The van der Waals surface area contributed by atoms with Crippen molar-refractivity contribution in [2.45, 2.75) is 32.2 Å². The Labute approximate surface area is 126 Å². The molecule has 1 rings (SSSR count). The Bertz CT molecular complexity index is 575. The molecule has 0 saturated carbocycles. The number of nitrogens with one attached hydrogen (secondary N) is 1. The van der Waals surface area contributed by atoms with Gasteiger partial charge >= 0.3 is 5.97 Å². The predicted molar refractivity (Wildman–Crippen MR) is 73.9 cm³/mol. The third-order valence-electron chi connectivity index (χ3n) is 2.95. The minimum atomic E-state index is -1.05. The standard InChI is InChI=1S/C15H17F2NO4/c1-9(19)3-6-13(15(21)22-2)18-14(20)8-10-4-5-11(16)12(17)7-10/h4-5,7,13H,3,6,8H2,1-2H3,(H,18,20)/t13-/m0/s1.